The third-order valence-electron chi connectivity index (χ3n) is 13.0. The first-order chi connectivity index (χ1) is 39.0. The molecular formula is C73H116O6. The van der Waals surface area contributed by atoms with Crippen LogP contribution in [0.3, 0.4) is 0 Å². The number of carbonyl (C=O) groups excluding carboxylic acids is 3. The van der Waals surface area contributed by atoms with E-state index in [0.29, 0.717) is 19.3 Å². The van der Waals surface area contributed by atoms with E-state index in [9.17, 15) is 14.4 Å². The van der Waals surface area contributed by atoms with E-state index >= 15 is 0 Å². The van der Waals surface area contributed by atoms with Gasteiger partial charge in [0.2, 0.25) is 0 Å². The van der Waals surface area contributed by atoms with Crippen LogP contribution in [0.5, 0.6) is 0 Å². The minimum absolute atomic E-state index is 0.110. The Hall–Kier alpha value is -4.97. The van der Waals surface area contributed by atoms with Crippen LogP contribution in [0, 0.1) is 0 Å². The van der Waals surface area contributed by atoms with E-state index in [1.54, 1.807) is 0 Å². The minimum atomic E-state index is -0.822. The molecule has 6 heteroatoms. The fourth-order valence-electron chi connectivity index (χ4n) is 8.32. The van der Waals surface area contributed by atoms with Crippen molar-refractivity contribution in [3.8, 4) is 0 Å². The van der Waals surface area contributed by atoms with Gasteiger partial charge in [-0.05, 0) is 122 Å². The van der Waals surface area contributed by atoms with Crippen LogP contribution in [0.2, 0.25) is 0 Å². The van der Waals surface area contributed by atoms with Crippen molar-refractivity contribution < 1.29 is 28.6 Å². The summed E-state index contributed by atoms with van der Waals surface area (Å²) >= 11 is 0. The van der Waals surface area contributed by atoms with Crippen molar-refractivity contribution in [1.29, 1.82) is 0 Å². The fourth-order valence-corrected chi connectivity index (χ4v) is 8.32. The number of rotatable bonds is 56. The SMILES string of the molecule is CC/C=C\C/C=C\C/C=C\C/C=C\C/C=C\C/C=C\C/C=C\CCCC(=O)OC(COC(=O)CCCCCCCC/C=C\C/C=C\C/C=C\C/C=C\C/C=C\C/C=C\CC)COC(=O)CCCCCCCCCCCCCCC. The molecule has 79 heavy (non-hydrogen) atoms. The van der Waals surface area contributed by atoms with Gasteiger partial charge in [0.05, 0.1) is 0 Å². The Morgan fingerprint density at radius 3 is 0.810 bits per heavy atom. The molecule has 0 aromatic heterocycles. The molecule has 0 radical (unpaired) electrons. The second-order valence-corrected chi connectivity index (χ2v) is 20.6. The minimum Gasteiger partial charge on any atom is -0.462 e. The van der Waals surface area contributed by atoms with Gasteiger partial charge in [-0.1, -0.05) is 281 Å². The third kappa shape index (κ3) is 63.7. The fraction of sp³-hybridized carbons (Fsp3) is 0.603. The summed E-state index contributed by atoms with van der Waals surface area (Å²) in [5.74, 6) is -0.987. The normalized spacial score (nSPS) is 13.2. The Morgan fingerprint density at radius 1 is 0.266 bits per heavy atom. The summed E-state index contributed by atoms with van der Waals surface area (Å²) in [5.41, 5.74) is 0. The van der Waals surface area contributed by atoms with Crippen LogP contribution < -0.4 is 0 Å². The Bertz CT molecular complexity index is 1780. The van der Waals surface area contributed by atoms with E-state index in [1.807, 2.05) is 0 Å². The molecule has 0 spiro atoms. The molecule has 0 aromatic carbocycles. The lowest BCUT2D eigenvalue weighted by molar-refractivity contribution is -0.167. The highest BCUT2D eigenvalue weighted by Crippen LogP contribution is 2.15. The molecule has 0 saturated carbocycles. The van der Waals surface area contributed by atoms with Gasteiger partial charge in [-0.3, -0.25) is 14.4 Å². The topological polar surface area (TPSA) is 78.9 Å². The summed E-state index contributed by atoms with van der Waals surface area (Å²) in [4.78, 5) is 38.3. The number of hydrogen-bond acceptors (Lipinski definition) is 6. The van der Waals surface area contributed by atoms with Crippen molar-refractivity contribution in [1.82, 2.24) is 0 Å². The molecule has 0 saturated heterocycles. The molecule has 0 rings (SSSR count). The molecule has 0 bridgehead atoms. The predicted molar refractivity (Wildman–Crippen MR) is 343 cm³/mol. The largest absolute Gasteiger partial charge is 0.462 e. The monoisotopic (exact) mass is 1090 g/mol. The average Bonchev–Trinajstić information content (AvgIpc) is 3.45. The molecule has 1 unspecified atom stereocenters. The molecule has 0 fully saturated rings. The van der Waals surface area contributed by atoms with Gasteiger partial charge in [-0.25, -0.2) is 0 Å². The zero-order valence-electron chi connectivity index (χ0n) is 50.8. The van der Waals surface area contributed by atoms with Crippen molar-refractivity contribution >= 4 is 17.9 Å². The molecule has 0 N–H and O–H groups in total. The summed E-state index contributed by atoms with van der Waals surface area (Å²) in [5, 5.41) is 0. The Morgan fingerprint density at radius 2 is 0.506 bits per heavy atom. The van der Waals surface area contributed by atoms with E-state index < -0.39 is 6.10 Å². The second kappa shape index (κ2) is 65.5. The number of unbranched alkanes of at least 4 members (excludes halogenated alkanes) is 19. The second-order valence-electron chi connectivity index (χ2n) is 20.6. The van der Waals surface area contributed by atoms with Crippen LogP contribution in [0.15, 0.2) is 158 Å². The number of allylic oxidation sites excluding steroid dienone is 26. The maximum Gasteiger partial charge on any atom is 0.306 e. The van der Waals surface area contributed by atoms with Crippen molar-refractivity contribution in [2.45, 2.75) is 271 Å². The molecule has 1 atom stereocenters. The van der Waals surface area contributed by atoms with Crippen LogP contribution in [0.1, 0.15) is 265 Å². The molecule has 444 valence electrons. The van der Waals surface area contributed by atoms with Gasteiger partial charge in [0.25, 0.3) is 0 Å². The molecule has 0 aliphatic heterocycles. The van der Waals surface area contributed by atoms with E-state index in [1.165, 1.54) is 77.0 Å². The zero-order valence-corrected chi connectivity index (χ0v) is 50.8. The molecule has 0 aliphatic carbocycles. The van der Waals surface area contributed by atoms with Crippen LogP contribution in [-0.2, 0) is 28.6 Å². The highest BCUT2D eigenvalue weighted by atomic mass is 16.6. The zero-order chi connectivity index (χ0) is 57.1. The number of ether oxygens (including phenoxy) is 3. The maximum atomic E-state index is 12.9. The third-order valence-corrected chi connectivity index (χ3v) is 13.0. The van der Waals surface area contributed by atoms with Gasteiger partial charge < -0.3 is 14.2 Å². The molecule has 0 aliphatic rings. The van der Waals surface area contributed by atoms with Gasteiger partial charge in [-0.2, -0.15) is 0 Å². The Labute approximate surface area is 486 Å². The molecule has 0 aromatic rings. The van der Waals surface area contributed by atoms with Crippen molar-refractivity contribution in [2.24, 2.45) is 0 Å². The molecular weight excluding hydrogens is 973 g/mol. The van der Waals surface area contributed by atoms with Crippen molar-refractivity contribution in [2.75, 3.05) is 13.2 Å². The summed E-state index contributed by atoms with van der Waals surface area (Å²) < 4.78 is 16.9. The predicted octanol–water partition coefficient (Wildman–Crippen LogP) is 22.1. The quantitative estimate of drug-likeness (QED) is 0.0261. The standard InChI is InChI=1S/C73H116O6/c1-4-7-10-13-16-19-22-25-27-29-31-33-35-36-38-39-41-43-45-48-51-54-57-60-63-66-72(75)78-69-70(68-77-71(74)65-62-59-56-53-50-47-24-21-18-15-12-9-6-3)79-73(76)67-64-61-58-55-52-49-46-44-42-40-37-34-32-30-28-26-23-20-17-14-11-8-5-2/h7-8,10-11,16-17,19-20,25-28,31-34,36,38,40-43,46,49,55,58,70H,4-6,9,12-15,18,21-24,29-30,35,37,39,44-45,47-48,50-54,56-57,59-69H2,1-3H3/b10-7-,11-8-,19-16-,20-17-,27-25-,28-26-,33-31-,34-32-,38-36-,42-40-,43-41-,49-46-,58-55-. The number of esters is 3. The first-order valence-electron chi connectivity index (χ1n) is 32.0. The lowest BCUT2D eigenvalue weighted by Gasteiger charge is -2.18. The van der Waals surface area contributed by atoms with Crippen LogP contribution in [0.4, 0.5) is 0 Å². The van der Waals surface area contributed by atoms with Gasteiger partial charge in [0, 0.05) is 19.3 Å². The first-order valence-corrected chi connectivity index (χ1v) is 32.0. The van der Waals surface area contributed by atoms with Crippen LogP contribution in [-0.4, -0.2) is 37.2 Å². The Kier molecular flexibility index (Phi) is 61.4. The molecule has 6 nitrogen and oxygen atoms in total. The molecule has 0 heterocycles. The lowest BCUT2D eigenvalue weighted by Crippen LogP contribution is -2.30. The van der Waals surface area contributed by atoms with Crippen LogP contribution >= 0.6 is 0 Å². The van der Waals surface area contributed by atoms with E-state index in [0.717, 1.165) is 141 Å². The van der Waals surface area contributed by atoms with Crippen LogP contribution in [0.25, 0.3) is 0 Å². The highest BCUT2D eigenvalue weighted by Gasteiger charge is 2.19. The van der Waals surface area contributed by atoms with E-state index in [2.05, 4.69) is 179 Å². The maximum absolute atomic E-state index is 12.9. The average molecular weight is 1090 g/mol. The summed E-state index contributed by atoms with van der Waals surface area (Å²) in [6, 6.07) is 0. The van der Waals surface area contributed by atoms with Gasteiger partial charge in [-0.15, -0.1) is 0 Å². The number of carbonyl (C=O) groups is 3. The van der Waals surface area contributed by atoms with Crippen molar-refractivity contribution in [3.63, 3.8) is 0 Å². The smallest absolute Gasteiger partial charge is 0.306 e. The van der Waals surface area contributed by atoms with Gasteiger partial charge in [0.15, 0.2) is 6.10 Å². The van der Waals surface area contributed by atoms with Crippen molar-refractivity contribution in [3.05, 3.63) is 158 Å². The highest BCUT2D eigenvalue weighted by molar-refractivity contribution is 5.71. The first kappa shape index (κ1) is 74.0. The summed E-state index contributed by atoms with van der Waals surface area (Å²) in [6.07, 6.45) is 95.3. The summed E-state index contributed by atoms with van der Waals surface area (Å²) in [6.45, 7) is 6.35. The summed E-state index contributed by atoms with van der Waals surface area (Å²) in [7, 11) is 0. The van der Waals surface area contributed by atoms with E-state index in [4.69, 9.17) is 14.2 Å². The number of hydrogen-bond donors (Lipinski definition) is 0. The van der Waals surface area contributed by atoms with Gasteiger partial charge in [0.1, 0.15) is 13.2 Å². The lowest BCUT2D eigenvalue weighted by atomic mass is 10.0. The van der Waals surface area contributed by atoms with Gasteiger partial charge >= 0.3 is 17.9 Å². The van der Waals surface area contributed by atoms with E-state index in [-0.39, 0.29) is 37.5 Å². The molecule has 0 amide bonds. The Balaban J connectivity index is 4.50.